The Bertz CT molecular complexity index is 751. The first-order chi connectivity index (χ1) is 11.9. The SMILES string of the molecule is CC(C)(C)c1ccc(CNC(=S)NCc2ccc3c(c2)OCO3)cc1. The molecule has 1 aliphatic rings. The van der Waals surface area contributed by atoms with Gasteiger partial charge in [0, 0.05) is 13.1 Å². The summed E-state index contributed by atoms with van der Waals surface area (Å²) >= 11 is 5.36. The van der Waals surface area contributed by atoms with Crippen LogP contribution in [0, 0.1) is 0 Å². The summed E-state index contributed by atoms with van der Waals surface area (Å²) in [7, 11) is 0. The number of hydrogen-bond donors (Lipinski definition) is 2. The Morgan fingerprint density at radius 1 is 0.920 bits per heavy atom. The lowest BCUT2D eigenvalue weighted by Crippen LogP contribution is -2.34. The number of hydrogen-bond acceptors (Lipinski definition) is 3. The van der Waals surface area contributed by atoms with Crippen LogP contribution < -0.4 is 20.1 Å². The van der Waals surface area contributed by atoms with E-state index in [-0.39, 0.29) is 5.41 Å². The third kappa shape index (κ3) is 4.63. The van der Waals surface area contributed by atoms with Crippen molar-refractivity contribution in [3.05, 3.63) is 59.2 Å². The fourth-order valence-corrected chi connectivity index (χ4v) is 2.75. The van der Waals surface area contributed by atoms with Crippen molar-refractivity contribution < 1.29 is 9.47 Å². The van der Waals surface area contributed by atoms with E-state index >= 15 is 0 Å². The van der Waals surface area contributed by atoms with Crippen LogP contribution in [0.4, 0.5) is 0 Å². The molecule has 0 amide bonds. The smallest absolute Gasteiger partial charge is 0.231 e. The van der Waals surface area contributed by atoms with Crippen molar-refractivity contribution in [1.82, 2.24) is 10.6 Å². The molecule has 0 spiro atoms. The normalized spacial score (nSPS) is 12.8. The van der Waals surface area contributed by atoms with Gasteiger partial charge in [-0.15, -0.1) is 0 Å². The molecular weight excluding hydrogens is 332 g/mol. The lowest BCUT2D eigenvalue weighted by Gasteiger charge is -2.19. The van der Waals surface area contributed by atoms with Crippen LogP contribution in [0.15, 0.2) is 42.5 Å². The molecule has 0 aliphatic carbocycles. The highest BCUT2D eigenvalue weighted by atomic mass is 32.1. The second kappa shape index (κ2) is 7.31. The molecule has 2 aromatic rings. The van der Waals surface area contributed by atoms with Gasteiger partial charge in [0.05, 0.1) is 0 Å². The van der Waals surface area contributed by atoms with Gasteiger partial charge in [0.25, 0.3) is 0 Å². The fourth-order valence-electron chi connectivity index (χ4n) is 2.60. The van der Waals surface area contributed by atoms with Gasteiger partial charge in [-0.3, -0.25) is 0 Å². The Balaban J connectivity index is 1.46. The molecule has 4 nitrogen and oxygen atoms in total. The van der Waals surface area contributed by atoms with Crippen molar-refractivity contribution in [1.29, 1.82) is 0 Å². The molecule has 0 radical (unpaired) electrons. The van der Waals surface area contributed by atoms with Gasteiger partial charge in [-0.05, 0) is 46.5 Å². The molecule has 1 aliphatic heterocycles. The molecule has 0 bridgehead atoms. The summed E-state index contributed by atoms with van der Waals surface area (Å²) in [6.45, 7) is 8.29. The molecule has 0 unspecified atom stereocenters. The minimum Gasteiger partial charge on any atom is -0.454 e. The highest BCUT2D eigenvalue weighted by Crippen LogP contribution is 2.32. The predicted octanol–water partition coefficient (Wildman–Crippen LogP) is 3.88. The summed E-state index contributed by atoms with van der Waals surface area (Å²) < 4.78 is 10.7. The number of benzene rings is 2. The summed E-state index contributed by atoms with van der Waals surface area (Å²) in [4.78, 5) is 0. The third-order valence-electron chi connectivity index (χ3n) is 4.16. The molecule has 132 valence electrons. The van der Waals surface area contributed by atoms with Crippen LogP contribution in [0.2, 0.25) is 0 Å². The van der Waals surface area contributed by atoms with Crippen LogP contribution in [0.5, 0.6) is 11.5 Å². The van der Waals surface area contributed by atoms with Crippen molar-refractivity contribution in [3.8, 4) is 11.5 Å². The zero-order chi connectivity index (χ0) is 17.9. The van der Waals surface area contributed by atoms with Crippen LogP contribution in [-0.2, 0) is 18.5 Å². The van der Waals surface area contributed by atoms with Crippen LogP contribution in [0.3, 0.4) is 0 Å². The Morgan fingerprint density at radius 2 is 1.52 bits per heavy atom. The van der Waals surface area contributed by atoms with E-state index in [0.717, 1.165) is 17.1 Å². The van der Waals surface area contributed by atoms with E-state index in [4.69, 9.17) is 21.7 Å². The topological polar surface area (TPSA) is 42.5 Å². The molecule has 0 fully saturated rings. The van der Waals surface area contributed by atoms with Crippen molar-refractivity contribution in [3.63, 3.8) is 0 Å². The van der Waals surface area contributed by atoms with Gasteiger partial charge in [-0.2, -0.15) is 0 Å². The molecule has 2 aromatic carbocycles. The zero-order valence-corrected chi connectivity index (χ0v) is 15.7. The molecule has 1 heterocycles. The van der Waals surface area contributed by atoms with Gasteiger partial charge >= 0.3 is 0 Å². The van der Waals surface area contributed by atoms with E-state index in [0.29, 0.717) is 25.0 Å². The van der Waals surface area contributed by atoms with Gasteiger partial charge in [-0.1, -0.05) is 51.1 Å². The van der Waals surface area contributed by atoms with E-state index in [9.17, 15) is 0 Å². The molecular formula is C20H24N2O2S. The average Bonchev–Trinajstić information content (AvgIpc) is 3.05. The van der Waals surface area contributed by atoms with Crippen LogP contribution >= 0.6 is 12.2 Å². The van der Waals surface area contributed by atoms with Crippen molar-refractivity contribution in [2.75, 3.05) is 6.79 Å². The lowest BCUT2D eigenvalue weighted by molar-refractivity contribution is 0.174. The van der Waals surface area contributed by atoms with Gasteiger partial charge in [-0.25, -0.2) is 0 Å². The first kappa shape index (κ1) is 17.5. The third-order valence-corrected chi connectivity index (χ3v) is 4.45. The highest BCUT2D eigenvalue weighted by Gasteiger charge is 2.14. The standard InChI is InChI=1S/C20H24N2O2S/c1-20(2,3)16-7-4-14(5-8-16)11-21-19(25)22-12-15-6-9-17-18(10-15)24-13-23-17/h4-10H,11-13H2,1-3H3,(H2,21,22,25). The predicted molar refractivity (Wildman–Crippen MR) is 104 cm³/mol. The zero-order valence-electron chi connectivity index (χ0n) is 14.9. The average molecular weight is 356 g/mol. The molecule has 0 aromatic heterocycles. The number of fused-ring (bicyclic) bond motifs is 1. The van der Waals surface area contributed by atoms with E-state index in [1.807, 2.05) is 18.2 Å². The van der Waals surface area contributed by atoms with Crippen molar-refractivity contribution in [2.24, 2.45) is 0 Å². The molecule has 2 N–H and O–H groups in total. The quantitative estimate of drug-likeness (QED) is 0.814. The van der Waals surface area contributed by atoms with Crippen LogP contribution in [0.25, 0.3) is 0 Å². The van der Waals surface area contributed by atoms with Gasteiger partial charge in [0.15, 0.2) is 16.6 Å². The monoisotopic (exact) mass is 356 g/mol. The molecule has 0 saturated heterocycles. The number of rotatable bonds is 4. The second-order valence-corrected chi connectivity index (χ2v) is 7.58. The number of thiocarbonyl (C=S) groups is 1. The minimum atomic E-state index is 0.174. The molecule has 3 rings (SSSR count). The maximum Gasteiger partial charge on any atom is 0.231 e. The summed E-state index contributed by atoms with van der Waals surface area (Å²) in [6.07, 6.45) is 0. The van der Waals surface area contributed by atoms with E-state index in [1.165, 1.54) is 11.1 Å². The second-order valence-electron chi connectivity index (χ2n) is 7.17. The fraction of sp³-hybridized carbons (Fsp3) is 0.350. The van der Waals surface area contributed by atoms with Crippen molar-refractivity contribution >= 4 is 17.3 Å². The number of nitrogens with one attached hydrogen (secondary N) is 2. The van der Waals surface area contributed by atoms with Crippen molar-refractivity contribution in [2.45, 2.75) is 39.3 Å². The Kier molecular flexibility index (Phi) is 5.13. The van der Waals surface area contributed by atoms with Gasteiger partial charge < -0.3 is 20.1 Å². The van der Waals surface area contributed by atoms with E-state index in [1.54, 1.807) is 0 Å². The summed E-state index contributed by atoms with van der Waals surface area (Å²) in [5, 5.41) is 7.10. The van der Waals surface area contributed by atoms with Crippen LogP contribution in [-0.4, -0.2) is 11.9 Å². The Morgan fingerprint density at radius 3 is 2.20 bits per heavy atom. The van der Waals surface area contributed by atoms with Gasteiger partial charge in [0.2, 0.25) is 6.79 Å². The first-order valence-corrected chi connectivity index (χ1v) is 8.82. The highest BCUT2D eigenvalue weighted by molar-refractivity contribution is 7.80. The summed E-state index contributed by atoms with van der Waals surface area (Å²) in [5.74, 6) is 1.58. The molecule has 0 saturated carbocycles. The molecule has 0 atom stereocenters. The Labute approximate surface area is 154 Å². The Hall–Kier alpha value is -2.27. The number of ether oxygens (including phenoxy) is 2. The maximum atomic E-state index is 5.39. The lowest BCUT2D eigenvalue weighted by atomic mass is 9.87. The molecule has 5 heteroatoms. The van der Waals surface area contributed by atoms with Crippen LogP contribution in [0.1, 0.15) is 37.5 Å². The first-order valence-electron chi connectivity index (χ1n) is 8.41. The van der Waals surface area contributed by atoms with E-state index < -0.39 is 0 Å². The van der Waals surface area contributed by atoms with E-state index in [2.05, 4.69) is 55.7 Å². The minimum absolute atomic E-state index is 0.174. The summed E-state index contributed by atoms with van der Waals surface area (Å²) in [6, 6.07) is 14.6. The maximum absolute atomic E-state index is 5.39. The van der Waals surface area contributed by atoms with Gasteiger partial charge in [0.1, 0.15) is 0 Å². The summed E-state index contributed by atoms with van der Waals surface area (Å²) in [5.41, 5.74) is 3.82. The molecule has 25 heavy (non-hydrogen) atoms. The largest absolute Gasteiger partial charge is 0.454 e.